The van der Waals surface area contributed by atoms with E-state index in [1.165, 1.54) is 85.5 Å². The third kappa shape index (κ3) is 20.9. The van der Waals surface area contributed by atoms with Gasteiger partial charge in [0.25, 0.3) is 0 Å². The average Bonchev–Trinajstić information content (AvgIpc) is 1.57. The summed E-state index contributed by atoms with van der Waals surface area (Å²) in [5.41, 5.74) is 0. The summed E-state index contributed by atoms with van der Waals surface area (Å²) in [5.74, 6) is -10.6. The maximum Gasteiger partial charge on any atom is 0.246 e. The third-order valence-electron chi connectivity index (χ3n) is 17.4. The maximum absolute atomic E-state index is 15.3. The lowest BCUT2D eigenvalue weighted by Gasteiger charge is -2.41. The van der Waals surface area contributed by atoms with E-state index >= 15 is 28.8 Å². The molecule has 14 atom stereocenters. The van der Waals surface area contributed by atoms with E-state index in [1.54, 1.807) is 74.5 Å². The summed E-state index contributed by atoms with van der Waals surface area (Å²) in [6, 6.07) is -14.0. The number of hydrogen-bond donors (Lipinski definition) is 6. The predicted molar refractivity (Wildman–Crippen MR) is 343 cm³/mol. The number of fused-ring (bicyclic) bond motifs is 1. The van der Waals surface area contributed by atoms with E-state index in [0.717, 1.165) is 4.90 Å². The van der Waals surface area contributed by atoms with E-state index in [0.29, 0.717) is 0 Å². The summed E-state index contributed by atoms with van der Waals surface area (Å²) >= 11 is 0. The topological polar surface area (TPSA) is 308 Å². The minimum Gasteiger partial charge on any atom is -0.394 e. The minimum absolute atomic E-state index is 0.0330. The molecule has 25 heteroatoms. The molecular formula is C65H115N11O14. The van der Waals surface area contributed by atoms with Crippen LogP contribution in [0.5, 0.6) is 0 Å². The van der Waals surface area contributed by atoms with Crippen molar-refractivity contribution in [2.45, 2.75) is 235 Å². The molecule has 6 N–H and O–H groups in total. The second-order valence-corrected chi connectivity index (χ2v) is 27.3. The molecule has 25 nitrogen and oxygen atoms in total. The molecule has 2 saturated heterocycles. The van der Waals surface area contributed by atoms with Crippen molar-refractivity contribution in [1.82, 2.24) is 55.6 Å². The highest BCUT2D eigenvalue weighted by Crippen LogP contribution is 2.29. The van der Waals surface area contributed by atoms with Gasteiger partial charge in [-0.25, -0.2) is 0 Å². The van der Waals surface area contributed by atoms with Crippen LogP contribution >= 0.6 is 0 Å². The average molecular weight is 1270 g/mol. The molecule has 0 saturated carbocycles. The van der Waals surface area contributed by atoms with Gasteiger partial charge in [-0.2, -0.15) is 0 Å². The molecule has 2 aliphatic rings. The Kier molecular flexibility index (Phi) is 32.1. The highest BCUT2D eigenvalue weighted by Gasteiger charge is 2.49. The number of ether oxygens (including phenoxy) is 1. The largest absolute Gasteiger partial charge is 0.394 e. The molecule has 1 unspecified atom stereocenters. The van der Waals surface area contributed by atoms with Crippen LogP contribution in [-0.4, -0.2) is 250 Å². The molecule has 0 bridgehead atoms. The number of carbonyl (C=O) groups is 11. The summed E-state index contributed by atoms with van der Waals surface area (Å²) < 4.78 is 5.92. The van der Waals surface area contributed by atoms with Crippen molar-refractivity contribution in [3.05, 3.63) is 12.2 Å². The van der Waals surface area contributed by atoms with E-state index in [2.05, 4.69) is 21.3 Å². The molecule has 90 heavy (non-hydrogen) atoms. The summed E-state index contributed by atoms with van der Waals surface area (Å²) in [6.07, 6.45) is 1.85. The van der Waals surface area contributed by atoms with Crippen molar-refractivity contribution >= 4 is 65.0 Å². The van der Waals surface area contributed by atoms with Crippen LogP contribution in [-0.2, 0) is 57.5 Å². The molecular weight excluding hydrogens is 1160 g/mol. The van der Waals surface area contributed by atoms with E-state index in [-0.39, 0.29) is 76.0 Å². The third-order valence-corrected chi connectivity index (χ3v) is 17.4. The Hall–Kier alpha value is -6.21. The van der Waals surface area contributed by atoms with Crippen LogP contribution < -0.4 is 21.3 Å². The van der Waals surface area contributed by atoms with Crippen molar-refractivity contribution in [3.8, 4) is 0 Å². The first-order chi connectivity index (χ1) is 41.7. The van der Waals surface area contributed by atoms with Crippen molar-refractivity contribution in [2.75, 3.05) is 62.0 Å². The molecule has 0 radical (unpaired) electrons. The lowest BCUT2D eigenvalue weighted by Crippen LogP contribution is -2.64. The quantitative estimate of drug-likeness (QED) is 0.114. The van der Waals surface area contributed by atoms with Crippen molar-refractivity contribution in [2.24, 2.45) is 41.4 Å². The van der Waals surface area contributed by atoms with Gasteiger partial charge in [0, 0.05) is 55.3 Å². The number of aliphatic hydroxyl groups is 2. The summed E-state index contributed by atoms with van der Waals surface area (Å²) in [5, 5.41) is 33.0. The van der Waals surface area contributed by atoms with Crippen LogP contribution in [0.2, 0.25) is 0 Å². The Morgan fingerprint density at radius 2 is 0.967 bits per heavy atom. The van der Waals surface area contributed by atoms with Gasteiger partial charge in [0.15, 0.2) is 0 Å². The molecule has 2 rings (SSSR count). The smallest absolute Gasteiger partial charge is 0.246 e. The lowest BCUT2D eigenvalue weighted by molar-refractivity contribution is -0.157. The van der Waals surface area contributed by atoms with Crippen molar-refractivity contribution in [3.63, 3.8) is 0 Å². The molecule has 0 aromatic carbocycles. The molecule has 0 spiro atoms. The molecule has 514 valence electrons. The van der Waals surface area contributed by atoms with Gasteiger partial charge in [0.1, 0.15) is 66.5 Å². The first-order valence-electron chi connectivity index (χ1n) is 32.4. The SMILES string of the molecule is C/C=C/C[C@@H](C)[C@@H](O)[C@H]1C(=O)N[C@@H](CC)C(=O)N2CC(OCCO)C[C@@H]2C(=O)N(C)[C@@H](C(C)C)C(=O)N[C@@H](C(C)C)C(=O)N(C)[C@@H](CC(C)C)C(=O)N[C@@H](C)C(=O)N[C@H](C)C(=O)N(C)[C@@H](CC(C)C)C(=O)N(C)[C@@H](CC(C)C)C(=O)N(C)[C@@H](C(C)C)C(=O)N1C. The van der Waals surface area contributed by atoms with E-state index < -0.39 is 167 Å². The van der Waals surface area contributed by atoms with Crippen LogP contribution in [0.15, 0.2) is 12.2 Å². The molecule has 0 aromatic heterocycles. The number of carbonyl (C=O) groups excluding carboxylic acids is 11. The molecule has 2 heterocycles. The second-order valence-electron chi connectivity index (χ2n) is 27.3. The fourth-order valence-corrected chi connectivity index (χ4v) is 12.1. The van der Waals surface area contributed by atoms with Gasteiger partial charge in [-0.3, -0.25) is 52.7 Å². The first-order valence-corrected chi connectivity index (χ1v) is 32.4. The fraction of sp³-hybridized carbons (Fsp3) is 0.800. The molecule has 0 aromatic rings. The number of amides is 11. The summed E-state index contributed by atoms with van der Waals surface area (Å²) in [4.78, 5) is 171. The Balaban J connectivity index is 3.07. The number of hydrogen-bond acceptors (Lipinski definition) is 14. The summed E-state index contributed by atoms with van der Waals surface area (Å²) in [6.45, 7) is 28.8. The Labute approximate surface area is 536 Å². The van der Waals surface area contributed by atoms with E-state index in [9.17, 15) is 34.2 Å². The Bertz CT molecular complexity index is 2490. The zero-order valence-electron chi connectivity index (χ0n) is 58.5. The normalized spacial score (nSPS) is 28.3. The van der Waals surface area contributed by atoms with Gasteiger partial charge in [-0.15, -0.1) is 0 Å². The minimum atomic E-state index is -1.66. The lowest BCUT2D eigenvalue weighted by atomic mass is 9.91. The van der Waals surface area contributed by atoms with Gasteiger partial charge < -0.3 is 70.5 Å². The van der Waals surface area contributed by atoms with Gasteiger partial charge in [-0.1, -0.05) is 109 Å². The highest BCUT2D eigenvalue weighted by molar-refractivity contribution is 6.00. The predicted octanol–water partition coefficient (Wildman–Crippen LogP) is 2.40. The molecule has 0 aliphatic carbocycles. The van der Waals surface area contributed by atoms with Gasteiger partial charge in [0.05, 0.1) is 25.4 Å². The standard InChI is InChI=1S/C65H115N11O14/c1-24-26-27-41(15)54(78)53-58(82)68-45(25-2)60(84)76-34-44(90-29-28-77)33-49(76)63(87)73(21)51(39(11)12)57(81)69-50(38(9)10)64(88)70(18)46(30-35(3)4)56(80)66-42(16)55(79)67-43(17)59(83)71(19)47(31-36(5)6)61(85)72(20)48(32-37(7)8)62(86)74(22)52(40(13)14)65(89)75(53)23/h24,26,35-54,77-78H,25,27-34H2,1-23H3,(H,66,80)(H,67,79)(H,68,82)(H,69,81)/b26-24+/t41-,42+,43-,44?,45+,46+,47+,48+,49-,50+,51+,52+,53+,54-/m1/s1. The highest BCUT2D eigenvalue weighted by atomic mass is 16.5. The van der Waals surface area contributed by atoms with Crippen LogP contribution in [0.3, 0.4) is 0 Å². The molecule has 2 fully saturated rings. The van der Waals surface area contributed by atoms with E-state index in [4.69, 9.17) is 4.74 Å². The van der Waals surface area contributed by atoms with Crippen LogP contribution in [0, 0.1) is 41.4 Å². The fourth-order valence-electron chi connectivity index (χ4n) is 12.1. The number of nitrogens with zero attached hydrogens (tertiary/aromatic N) is 7. The van der Waals surface area contributed by atoms with Gasteiger partial charge in [0.2, 0.25) is 65.0 Å². The zero-order chi connectivity index (χ0) is 69.3. The number of allylic oxidation sites excluding steroid dienone is 2. The van der Waals surface area contributed by atoms with E-state index in [1.807, 2.05) is 41.5 Å². The van der Waals surface area contributed by atoms with Crippen LogP contribution in [0.4, 0.5) is 0 Å². The first kappa shape index (κ1) is 79.9. The van der Waals surface area contributed by atoms with Crippen molar-refractivity contribution in [1.29, 1.82) is 0 Å². The van der Waals surface area contributed by atoms with Crippen molar-refractivity contribution < 1.29 is 67.7 Å². The second kappa shape index (κ2) is 36.1. The number of likely N-dealkylation sites (N-methyl/N-ethyl adjacent to an activating group) is 6. The summed E-state index contributed by atoms with van der Waals surface area (Å²) in [7, 11) is 8.50. The number of nitrogens with one attached hydrogen (secondary N) is 4. The Morgan fingerprint density at radius 3 is 1.44 bits per heavy atom. The Morgan fingerprint density at radius 1 is 0.511 bits per heavy atom. The van der Waals surface area contributed by atoms with Crippen LogP contribution in [0.1, 0.15) is 156 Å². The van der Waals surface area contributed by atoms with Crippen LogP contribution in [0.25, 0.3) is 0 Å². The zero-order valence-corrected chi connectivity index (χ0v) is 58.5. The van der Waals surface area contributed by atoms with Gasteiger partial charge in [-0.05, 0) is 94.3 Å². The maximum atomic E-state index is 15.3. The molecule has 2 aliphatic heterocycles. The van der Waals surface area contributed by atoms with Gasteiger partial charge >= 0.3 is 0 Å². The monoisotopic (exact) mass is 1270 g/mol. The number of aliphatic hydroxyl groups excluding tert-OH is 2. The number of rotatable bonds is 17. The molecule has 11 amide bonds.